The molecule has 1 aromatic rings. The predicted octanol–water partition coefficient (Wildman–Crippen LogP) is 0.937. The number of aromatic nitrogens is 1. The van der Waals surface area contributed by atoms with E-state index in [1.54, 1.807) is 0 Å². The Kier molecular flexibility index (Phi) is 6.77. The molecule has 1 saturated heterocycles. The molecule has 136 valence electrons. The highest BCUT2D eigenvalue weighted by atomic mass is 16.5. The van der Waals surface area contributed by atoms with Gasteiger partial charge in [-0.2, -0.15) is 0 Å². The molecular weight excluding hydrogens is 310 g/mol. The van der Waals surface area contributed by atoms with Gasteiger partial charge in [-0.1, -0.05) is 5.16 Å². The van der Waals surface area contributed by atoms with Gasteiger partial charge in [-0.25, -0.2) is 0 Å². The number of aryl methyl sites for hydroxylation is 2. The molecule has 1 aromatic heterocycles. The summed E-state index contributed by atoms with van der Waals surface area (Å²) in [5.41, 5.74) is 1.68. The van der Waals surface area contributed by atoms with Gasteiger partial charge in [-0.15, -0.1) is 0 Å². The SMILES string of the molecule is CCOC[C@H](O)CN1CCN(C(=O)[C@@H](C)c2c(C)noc2C)CC1. The molecule has 1 aliphatic heterocycles. The fraction of sp³-hybridized carbons (Fsp3) is 0.765. The summed E-state index contributed by atoms with van der Waals surface area (Å²) in [6, 6.07) is 0. The molecule has 1 amide bonds. The molecule has 7 heteroatoms. The molecule has 0 spiro atoms. The number of β-amino-alcohol motifs (C(OH)–C–C–N with tert-alkyl or cyclic N) is 1. The van der Waals surface area contributed by atoms with Gasteiger partial charge in [0, 0.05) is 44.9 Å². The fourth-order valence-electron chi connectivity index (χ4n) is 3.26. The second kappa shape index (κ2) is 8.60. The Balaban J connectivity index is 1.84. The lowest BCUT2D eigenvalue weighted by atomic mass is 9.97. The number of nitrogens with zero attached hydrogens (tertiary/aromatic N) is 3. The summed E-state index contributed by atoms with van der Waals surface area (Å²) >= 11 is 0. The van der Waals surface area contributed by atoms with E-state index in [-0.39, 0.29) is 11.8 Å². The van der Waals surface area contributed by atoms with Crippen molar-refractivity contribution in [2.24, 2.45) is 0 Å². The zero-order chi connectivity index (χ0) is 17.7. The molecule has 2 heterocycles. The molecule has 2 atom stereocenters. The van der Waals surface area contributed by atoms with Crippen molar-refractivity contribution < 1.29 is 19.2 Å². The zero-order valence-electron chi connectivity index (χ0n) is 15.1. The normalized spacial score (nSPS) is 18.6. The molecule has 7 nitrogen and oxygen atoms in total. The number of piperazine rings is 1. The molecule has 0 radical (unpaired) electrons. The van der Waals surface area contributed by atoms with E-state index in [9.17, 15) is 9.90 Å². The van der Waals surface area contributed by atoms with Crippen LogP contribution in [-0.4, -0.2) is 78.0 Å². The Bertz CT molecular complexity index is 518. The monoisotopic (exact) mass is 339 g/mol. The number of aliphatic hydroxyl groups is 1. The largest absolute Gasteiger partial charge is 0.389 e. The van der Waals surface area contributed by atoms with E-state index in [4.69, 9.17) is 9.26 Å². The topological polar surface area (TPSA) is 79.0 Å². The third-order valence-corrected chi connectivity index (χ3v) is 4.56. The molecular formula is C17H29N3O4. The maximum absolute atomic E-state index is 12.7. The number of rotatable bonds is 7. The summed E-state index contributed by atoms with van der Waals surface area (Å²) < 4.78 is 10.4. The molecule has 0 aromatic carbocycles. The number of ether oxygens (including phenoxy) is 1. The molecule has 0 saturated carbocycles. The number of carbonyl (C=O) groups excluding carboxylic acids is 1. The van der Waals surface area contributed by atoms with E-state index in [1.807, 2.05) is 32.6 Å². The highest BCUT2D eigenvalue weighted by molar-refractivity contribution is 5.84. The van der Waals surface area contributed by atoms with Gasteiger partial charge in [0.15, 0.2) is 0 Å². The number of carbonyl (C=O) groups is 1. The van der Waals surface area contributed by atoms with Gasteiger partial charge in [-0.3, -0.25) is 9.69 Å². The lowest BCUT2D eigenvalue weighted by molar-refractivity contribution is -0.134. The first-order valence-electron chi connectivity index (χ1n) is 8.63. The summed E-state index contributed by atoms with van der Waals surface area (Å²) in [5, 5.41) is 13.9. The Morgan fingerprint density at radius 2 is 2.00 bits per heavy atom. The van der Waals surface area contributed by atoms with Crippen molar-refractivity contribution in [3.63, 3.8) is 0 Å². The predicted molar refractivity (Wildman–Crippen MR) is 89.9 cm³/mol. The van der Waals surface area contributed by atoms with Crippen LogP contribution in [-0.2, 0) is 9.53 Å². The molecule has 0 unspecified atom stereocenters. The summed E-state index contributed by atoms with van der Waals surface area (Å²) in [4.78, 5) is 16.8. The Morgan fingerprint density at radius 1 is 1.33 bits per heavy atom. The summed E-state index contributed by atoms with van der Waals surface area (Å²) in [6.07, 6.45) is -0.478. The number of hydrogen-bond donors (Lipinski definition) is 1. The summed E-state index contributed by atoms with van der Waals surface area (Å²) in [5.74, 6) is 0.580. The van der Waals surface area contributed by atoms with Crippen molar-refractivity contribution in [1.29, 1.82) is 0 Å². The van der Waals surface area contributed by atoms with Crippen LogP contribution in [0.2, 0.25) is 0 Å². The van der Waals surface area contributed by atoms with Gasteiger partial charge < -0.3 is 19.3 Å². The zero-order valence-corrected chi connectivity index (χ0v) is 15.1. The minimum atomic E-state index is -0.478. The molecule has 1 fully saturated rings. The van der Waals surface area contributed by atoms with Crippen LogP contribution in [0.25, 0.3) is 0 Å². The van der Waals surface area contributed by atoms with E-state index < -0.39 is 6.10 Å². The number of aliphatic hydroxyl groups excluding tert-OH is 1. The average molecular weight is 339 g/mol. The third kappa shape index (κ3) is 4.55. The van der Waals surface area contributed by atoms with Crippen molar-refractivity contribution >= 4 is 5.91 Å². The van der Waals surface area contributed by atoms with Crippen molar-refractivity contribution in [3.05, 3.63) is 17.0 Å². The first kappa shape index (κ1) is 18.9. The van der Waals surface area contributed by atoms with Crippen LogP contribution in [0.1, 0.15) is 36.8 Å². The van der Waals surface area contributed by atoms with Crippen LogP contribution in [0.5, 0.6) is 0 Å². The van der Waals surface area contributed by atoms with Gasteiger partial charge in [0.2, 0.25) is 5.91 Å². The van der Waals surface area contributed by atoms with E-state index in [2.05, 4.69) is 10.1 Å². The number of hydrogen-bond acceptors (Lipinski definition) is 6. The van der Waals surface area contributed by atoms with E-state index >= 15 is 0 Å². The van der Waals surface area contributed by atoms with Gasteiger partial charge in [0.05, 0.1) is 24.3 Å². The van der Waals surface area contributed by atoms with Gasteiger partial charge in [0.1, 0.15) is 5.76 Å². The first-order chi connectivity index (χ1) is 11.4. The van der Waals surface area contributed by atoms with E-state index in [0.29, 0.717) is 38.6 Å². The van der Waals surface area contributed by atoms with Crippen LogP contribution in [0, 0.1) is 13.8 Å². The molecule has 1 N–H and O–H groups in total. The van der Waals surface area contributed by atoms with Crippen LogP contribution < -0.4 is 0 Å². The molecule has 0 aliphatic carbocycles. The summed E-state index contributed by atoms with van der Waals surface area (Å²) in [7, 11) is 0. The molecule has 2 rings (SSSR count). The first-order valence-corrected chi connectivity index (χ1v) is 8.63. The van der Waals surface area contributed by atoms with Crippen LogP contribution in [0.4, 0.5) is 0 Å². The minimum Gasteiger partial charge on any atom is -0.389 e. The third-order valence-electron chi connectivity index (χ3n) is 4.56. The van der Waals surface area contributed by atoms with Gasteiger partial charge in [-0.05, 0) is 27.7 Å². The van der Waals surface area contributed by atoms with Crippen molar-refractivity contribution in [2.75, 3.05) is 45.9 Å². The Hall–Kier alpha value is -1.44. The van der Waals surface area contributed by atoms with Gasteiger partial charge >= 0.3 is 0 Å². The van der Waals surface area contributed by atoms with Crippen LogP contribution in [0.3, 0.4) is 0 Å². The second-order valence-corrected chi connectivity index (χ2v) is 6.40. The number of amides is 1. The second-order valence-electron chi connectivity index (χ2n) is 6.40. The fourth-order valence-corrected chi connectivity index (χ4v) is 3.26. The van der Waals surface area contributed by atoms with Gasteiger partial charge in [0.25, 0.3) is 0 Å². The molecule has 24 heavy (non-hydrogen) atoms. The highest BCUT2D eigenvalue weighted by Gasteiger charge is 2.29. The minimum absolute atomic E-state index is 0.110. The molecule has 1 aliphatic rings. The average Bonchev–Trinajstić information content (AvgIpc) is 2.91. The maximum Gasteiger partial charge on any atom is 0.230 e. The van der Waals surface area contributed by atoms with Crippen molar-refractivity contribution in [3.8, 4) is 0 Å². The standard InChI is InChI=1S/C17H29N3O4/c1-5-23-11-15(21)10-19-6-8-20(9-7-19)17(22)12(2)16-13(3)18-24-14(16)4/h12,15,21H,5-11H2,1-4H3/t12-,15+/m0/s1. The molecule has 0 bridgehead atoms. The summed E-state index contributed by atoms with van der Waals surface area (Å²) in [6.45, 7) is 12.0. The van der Waals surface area contributed by atoms with Crippen molar-refractivity contribution in [1.82, 2.24) is 15.0 Å². The van der Waals surface area contributed by atoms with E-state index in [0.717, 1.165) is 24.3 Å². The van der Waals surface area contributed by atoms with Crippen molar-refractivity contribution in [2.45, 2.75) is 39.7 Å². The maximum atomic E-state index is 12.7. The van der Waals surface area contributed by atoms with Crippen LogP contribution in [0.15, 0.2) is 4.52 Å². The lowest BCUT2D eigenvalue weighted by Gasteiger charge is -2.36. The lowest BCUT2D eigenvalue weighted by Crippen LogP contribution is -2.51. The highest BCUT2D eigenvalue weighted by Crippen LogP contribution is 2.25. The van der Waals surface area contributed by atoms with Crippen LogP contribution >= 0.6 is 0 Å². The Morgan fingerprint density at radius 3 is 2.54 bits per heavy atom. The Labute approximate surface area is 143 Å². The quantitative estimate of drug-likeness (QED) is 0.796. The van der Waals surface area contributed by atoms with E-state index in [1.165, 1.54) is 0 Å². The smallest absolute Gasteiger partial charge is 0.230 e.